The van der Waals surface area contributed by atoms with Gasteiger partial charge < -0.3 is 29.2 Å². The molecule has 3 saturated carbocycles. The van der Waals surface area contributed by atoms with Gasteiger partial charge in [-0.15, -0.1) is 0 Å². The minimum atomic E-state index is -0.948. The Kier molecular flexibility index (Phi) is 10.0. The van der Waals surface area contributed by atoms with Gasteiger partial charge in [0.05, 0.1) is 24.4 Å². The van der Waals surface area contributed by atoms with Gasteiger partial charge in [-0.2, -0.15) is 0 Å². The quantitative estimate of drug-likeness (QED) is 0.252. The summed E-state index contributed by atoms with van der Waals surface area (Å²) in [6, 6.07) is 0. The predicted octanol–water partition coefficient (Wildman–Crippen LogP) is 7.55. The third-order valence-electron chi connectivity index (χ3n) is 13.5. The number of allylic oxidation sites excluding steroid dienone is 1. The second-order valence-corrected chi connectivity index (χ2v) is 16.3. The van der Waals surface area contributed by atoms with E-state index in [2.05, 4.69) is 26.8 Å². The van der Waals surface area contributed by atoms with Gasteiger partial charge in [-0.3, -0.25) is 0 Å². The van der Waals surface area contributed by atoms with Gasteiger partial charge in [-0.25, -0.2) is 0 Å². The van der Waals surface area contributed by atoms with E-state index in [-0.39, 0.29) is 36.8 Å². The Morgan fingerprint density at radius 1 is 0.977 bits per heavy atom. The van der Waals surface area contributed by atoms with Gasteiger partial charge in [0.25, 0.3) is 0 Å². The standard InChI is InChI=1S/C37H62O6/c1-25(10-9-18-35(2,39)24-38)29-15-16-30-28-14-13-26-22-27(42-33-11-5-7-20-40-33)23-32(43-34-12-6-8-21-41-34)37(26,4)31(28)17-19-36(29,30)3/h13,25,27-34,38-39H,5-12,14-24H2,1-4H3/t25-,27-,28+,29-,30+,31+,32+,33?,34?,35+,36-,37+/m1/s1. The molecule has 6 rings (SSSR count). The van der Waals surface area contributed by atoms with Crippen LogP contribution in [-0.4, -0.2) is 60.4 Å². The van der Waals surface area contributed by atoms with E-state index in [0.29, 0.717) is 23.7 Å². The van der Waals surface area contributed by atoms with Crippen LogP contribution in [0.2, 0.25) is 0 Å². The number of hydrogen-bond acceptors (Lipinski definition) is 6. The third kappa shape index (κ3) is 6.54. The molecular formula is C37H62O6. The Bertz CT molecular complexity index is 953. The minimum Gasteiger partial charge on any atom is -0.393 e. The van der Waals surface area contributed by atoms with Crippen molar-refractivity contribution in [2.75, 3.05) is 19.8 Å². The fourth-order valence-electron chi connectivity index (χ4n) is 11.1. The molecule has 0 aromatic rings. The average molecular weight is 603 g/mol. The maximum atomic E-state index is 10.3. The summed E-state index contributed by atoms with van der Waals surface area (Å²) in [6.07, 6.45) is 20.7. The lowest BCUT2D eigenvalue weighted by Crippen LogP contribution is -2.57. The zero-order valence-electron chi connectivity index (χ0n) is 27.7. The molecule has 0 radical (unpaired) electrons. The monoisotopic (exact) mass is 602 g/mol. The Morgan fingerprint density at radius 3 is 2.37 bits per heavy atom. The number of aliphatic hydroxyl groups is 2. The van der Waals surface area contributed by atoms with Gasteiger partial charge in [0.2, 0.25) is 0 Å². The van der Waals surface area contributed by atoms with Crippen LogP contribution in [0.1, 0.15) is 130 Å². The number of ether oxygens (including phenoxy) is 4. The maximum absolute atomic E-state index is 10.3. The molecule has 246 valence electrons. The van der Waals surface area contributed by atoms with Crippen LogP contribution in [0, 0.1) is 40.4 Å². The first-order valence-electron chi connectivity index (χ1n) is 18.2. The van der Waals surface area contributed by atoms with E-state index >= 15 is 0 Å². The molecule has 0 aromatic carbocycles. The van der Waals surface area contributed by atoms with Crippen molar-refractivity contribution >= 4 is 0 Å². The van der Waals surface area contributed by atoms with Crippen molar-refractivity contribution < 1.29 is 29.2 Å². The summed E-state index contributed by atoms with van der Waals surface area (Å²) < 4.78 is 25.9. The van der Waals surface area contributed by atoms with Crippen LogP contribution in [0.5, 0.6) is 0 Å². The lowest BCUT2D eigenvalue weighted by atomic mass is 9.46. The predicted molar refractivity (Wildman–Crippen MR) is 168 cm³/mol. The van der Waals surface area contributed by atoms with E-state index in [1.54, 1.807) is 12.5 Å². The molecule has 2 N–H and O–H groups in total. The smallest absolute Gasteiger partial charge is 0.157 e. The van der Waals surface area contributed by atoms with E-state index < -0.39 is 5.60 Å². The normalized spacial score (nSPS) is 45.3. The lowest BCUT2D eigenvalue weighted by Gasteiger charge is -2.60. The molecule has 0 aromatic heterocycles. The molecular weight excluding hydrogens is 540 g/mol. The molecule has 2 saturated heterocycles. The molecule has 6 heteroatoms. The fraction of sp³-hybridized carbons (Fsp3) is 0.946. The second kappa shape index (κ2) is 13.3. The number of hydrogen-bond donors (Lipinski definition) is 2. The van der Waals surface area contributed by atoms with Crippen molar-refractivity contribution in [3.63, 3.8) is 0 Å². The molecule has 2 aliphatic heterocycles. The fourth-order valence-corrected chi connectivity index (χ4v) is 11.1. The number of rotatable bonds is 10. The van der Waals surface area contributed by atoms with E-state index in [4.69, 9.17) is 18.9 Å². The molecule has 0 spiro atoms. The molecule has 0 amide bonds. The molecule has 4 aliphatic carbocycles. The highest BCUT2D eigenvalue weighted by Gasteiger charge is 2.61. The Balaban J connectivity index is 1.19. The topological polar surface area (TPSA) is 77.4 Å². The summed E-state index contributed by atoms with van der Waals surface area (Å²) in [4.78, 5) is 0. The van der Waals surface area contributed by atoms with E-state index in [1.807, 2.05) is 0 Å². The summed E-state index contributed by atoms with van der Waals surface area (Å²) in [5.74, 6) is 3.54. The second-order valence-electron chi connectivity index (χ2n) is 16.3. The molecule has 43 heavy (non-hydrogen) atoms. The van der Waals surface area contributed by atoms with Gasteiger partial charge in [0.15, 0.2) is 12.6 Å². The van der Waals surface area contributed by atoms with Crippen LogP contribution in [-0.2, 0) is 18.9 Å². The Labute approximate surface area is 261 Å². The highest BCUT2D eigenvalue weighted by molar-refractivity contribution is 5.28. The summed E-state index contributed by atoms with van der Waals surface area (Å²) in [7, 11) is 0. The number of aliphatic hydroxyl groups excluding tert-OH is 1. The van der Waals surface area contributed by atoms with Gasteiger partial charge in [-0.1, -0.05) is 45.3 Å². The van der Waals surface area contributed by atoms with Gasteiger partial charge in [0.1, 0.15) is 0 Å². The third-order valence-corrected chi connectivity index (χ3v) is 13.5. The first kappa shape index (κ1) is 32.4. The zero-order chi connectivity index (χ0) is 30.2. The van der Waals surface area contributed by atoms with Crippen LogP contribution in [0.4, 0.5) is 0 Å². The zero-order valence-corrected chi connectivity index (χ0v) is 27.7. The first-order chi connectivity index (χ1) is 20.6. The van der Waals surface area contributed by atoms with Crippen molar-refractivity contribution in [2.45, 2.75) is 161 Å². The lowest BCUT2D eigenvalue weighted by molar-refractivity contribution is -0.248. The average Bonchev–Trinajstić information content (AvgIpc) is 3.36. The highest BCUT2D eigenvalue weighted by Crippen LogP contribution is 2.68. The van der Waals surface area contributed by atoms with Crippen molar-refractivity contribution in [1.29, 1.82) is 0 Å². The van der Waals surface area contributed by atoms with E-state index in [9.17, 15) is 10.2 Å². The number of fused-ring (bicyclic) bond motifs is 5. The van der Waals surface area contributed by atoms with Crippen LogP contribution >= 0.6 is 0 Å². The molecule has 6 nitrogen and oxygen atoms in total. The largest absolute Gasteiger partial charge is 0.393 e. The van der Waals surface area contributed by atoms with Gasteiger partial charge in [-0.05, 0) is 125 Å². The van der Waals surface area contributed by atoms with Crippen molar-refractivity contribution in [1.82, 2.24) is 0 Å². The molecule has 2 heterocycles. The summed E-state index contributed by atoms with van der Waals surface area (Å²) in [6.45, 7) is 10.9. The Morgan fingerprint density at radius 2 is 1.70 bits per heavy atom. The summed E-state index contributed by atoms with van der Waals surface area (Å²) in [5, 5.41) is 19.8. The molecule has 6 aliphatic rings. The van der Waals surface area contributed by atoms with Crippen LogP contribution in [0.15, 0.2) is 11.6 Å². The molecule has 5 fully saturated rings. The van der Waals surface area contributed by atoms with E-state index in [0.717, 1.165) is 82.3 Å². The van der Waals surface area contributed by atoms with Crippen LogP contribution in [0.3, 0.4) is 0 Å². The van der Waals surface area contributed by atoms with Crippen LogP contribution in [0.25, 0.3) is 0 Å². The minimum absolute atomic E-state index is 0.0396. The molecule has 12 atom stereocenters. The van der Waals surface area contributed by atoms with Crippen molar-refractivity contribution in [3.8, 4) is 0 Å². The first-order valence-corrected chi connectivity index (χ1v) is 18.2. The van der Waals surface area contributed by atoms with E-state index in [1.165, 1.54) is 44.9 Å². The molecule has 2 unspecified atom stereocenters. The van der Waals surface area contributed by atoms with Crippen LogP contribution < -0.4 is 0 Å². The maximum Gasteiger partial charge on any atom is 0.157 e. The Hall–Kier alpha value is -0.500. The highest BCUT2D eigenvalue weighted by atomic mass is 16.7. The molecule has 0 bridgehead atoms. The van der Waals surface area contributed by atoms with Gasteiger partial charge in [0, 0.05) is 25.0 Å². The van der Waals surface area contributed by atoms with Crippen molar-refractivity contribution in [2.24, 2.45) is 40.4 Å². The van der Waals surface area contributed by atoms with Gasteiger partial charge >= 0.3 is 0 Å². The summed E-state index contributed by atoms with van der Waals surface area (Å²) in [5.41, 5.74) is 1.07. The SMILES string of the molecule is C[C@H](CCC[C@](C)(O)CO)[C@H]1CC[C@H]2[C@@H]3CC=C4C[C@@H](OC5CCCCO5)C[C@H](OC5CCCCO5)[C@]4(C)[C@H]3CC[C@]12C. The van der Waals surface area contributed by atoms with Crippen molar-refractivity contribution in [3.05, 3.63) is 11.6 Å². The summed E-state index contributed by atoms with van der Waals surface area (Å²) >= 11 is 0.